The summed E-state index contributed by atoms with van der Waals surface area (Å²) in [5.74, 6) is 1.72. The van der Waals surface area contributed by atoms with Gasteiger partial charge in [0.25, 0.3) is 0 Å². The topological polar surface area (TPSA) is 25.2 Å². The number of hydrogen-bond donors (Lipinski definition) is 1. The van der Waals surface area contributed by atoms with Crippen LogP contribution >= 0.6 is 15.9 Å². The number of rotatable bonds is 4. The second-order valence-corrected chi connectivity index (χ2v) is 6.08. The van der Waals surface area contributed by atoms with Crippen molar-refractivity contribution in [2.45, 2.75) is 25.8 Å². The second-order valence-electron chi connectivity index (χ2n) is 5.22. The van der Waals surface area contributed by atoms with Gasteiger partial charge in [-0.3, -0.25) is 0 Å². The number of nitrogens with one attached hydrogen (secondary N) is 1. The lowest BCUT2D eigenvalue weighted by atomic mass is 10.2. The van der Waals surface area contributed by atoms with E-state index in [4.69, 9.17) is 4.42 Å². The Balaban J connectivity index is 1.69. The van der Waals surface area contributed by atoms with Crippen molar-refractivity contribution in [3.8, 4) is 0 Å². The molecule has 1 heterocycles. The van der Waals surface area contributed by atoms with Crippen molar-refractivity contribution >= 4 is 21.6 Å². The Morgan fingerprint density at radius 2 is 2.10 bits per heavy atom. The lowest BCUT2D eigenvalue weighted by Crippen LogP contribution is -2.02. The zero-order chi connectivity index (χ0) is 14.3. The van der Waals surface area contributed by atoms with Crippen LogP contribution in [-0.4, -0.2) is 0 Å². The summed E-state index contributed by atoms with van der Waals surface area (Å²) in [4.78, 5) is 0. The van der Waals surface area contributed by atoms with Crippen LogP contribution in [0.2, 0.25) is 0 Å². The number of benzene rings is 1. The maximum atomic E-state index is 13.6. The summed E-state index contributed by atoms with van der Waals surface area (Å²) in [6, 6.07) is 5.95. The van der Waals surface area contributed by atoms with Crippen molar-refractivity contribution in [3.63, 3.8) is 0 Å². The van der Waals surface area contributed by atoms with Gasteiger partial charge >= 0.3 is 0 Å². The molecule has 0 radical (unpaired) electrons. The summed E-state index contributed by atoms with van der Waals surface area (Å²) >= 11 is 3.14. The molecule has 0 aliphatic heterocycles. The highest BCUT2D eigenvalue weighted by atomic mass is 79.9. The van der Waals surface area contributed by atoms with Gasteiger partial charge < -0.3 is 9.73 Å². The highest BCUT2D eigenvalue weighted by Gasteiger charge is 2.36. The summed E-state index contributed by atoms with van der Waals surface area (Å²) in [5.41, 5.74) is 0.240. The van der Waals surface area contributed by atoms with Gasteiger partial charge in [-0.1, -0.05) is 6.92 Å². The molecule has 2 unspecified atom stereocenters. The molecule has 2 atom stereocenters. The van der Waals surface area contributed by atoms with E-state index in [-0.39, 0.29) is 5.69 Å². The summed E-state index contributed by atoms with van der Waals surface area (Å²) < 4.78 is 32.7. The SMILES string of the molecule is CC1CC1c1ccc(CNc2c(F)cc(F)cc2Br)o1. The molecule has 2 nitrogen and oxygen atoms in total. The van der Waals surface area contributed by atoms with Crippen LogP contribution in [0.1, 0.15) is 30.8 Å². The lowest BCUT2D eigenvalue weighted by Gasteiger charge is -2.08. The summed E-state index contributed by atoms with van der Waals surface area (Å²) in [6.07, 6.45) is 1.17. The van der Waals surface area contributed by atoms with Gasteiger partial charge in [-0.05, 0) is 46.5 Å². The fourth-order valence-corrected chi connectivity index (χ4v) is 2.84. The van der Waals surface area contributed by atoms with Crippen LogP contribution in [0.5, 0.6) is 0 Å². The molecule has 1 aromatic heterocycles. The van der Waals surface area contributed by atoms with E-state index in [0.29, 0.717) is 22.9 Å². The second kappa shape index (κ2) is 5.20. The molecular formula is C15H14BrF2NO. The van der Waals surface area contributed by atoms with E-state index in [1.807, 2.05) is 12.1 Å². The van der Waals surface area contributed by atoms with E-state index in [2.05, 4.69) is 28.2 Å². The molecule has 1 aromatic carbocycles. The maximum absolute atomic E-state index is 13.6. The van der Waals surface area contributed by atoms with Gasteiger partial charge in [-0.2, -0.15) is 0 Å². The summed E-state index contributed by atoms with van der Waals surface area (Å²) in [5, 5.41) is 2.93. The van der Waals surface area contributed by atoms with E-state index in [1.54, 1.807) is 0 Å². The quantitative estimate of drug-likeness (QED) is 0.841. The fraction of sp³-hybridized carbons (Fsp3) is 0.333. The smallest absolute Gasteiger partial charge is 0.150 e. The number of halogens is 3. The van der Waals surface area contributed by atoms with Gasteiger partial charge in [0.05, 0.1) is 12.2 Å². The Bertz CT molecular complexity index is 618. The van der Waals surface area contributed by atoms with E-state index in [1.165, 1.54) is 12.5 Å². The highest BCUT2D eigenvalue weighted by molar-refractivity contribution is 9.10. The van der Waals surface area contributed by atoms with E-state index >= 15 is 0 Å². The zero-order valence-corrected chi connectivity index (χ0v) is 12.5. The molecule has 0 saturated heterocycles. The third-order valence-electron chi connectivity index (χ3n) is 3.60. The molecule has 1 aliphatic carbocycles. The van der Waals surface area contributed by atoms with Crippen molar-refractivity contribution in [3.05, 3.63) is 51.9 Å². The number of hydrogen-bond acceptors (Lipinski definition) is 2. The Kier molecular flexibility index (Phi) is 3.54. The van der Waals surface area contributed by atoms with E-state index in [0.717, 1.165) is 17.6 Å². The van der Waals surface area contributed by atoms with Gasteiger partial charge in [0, 0.05) is 16.5 Å². The Labute approximate surface area is 124 Å². The van der Waals surface area contributed by atoms with E-state index in [9.17, 15) is 8.78 Å². The fourth-order valence-electron chi connectivity index (χ4n) is 2.29. The van der Waals surface area contributed by atoms with Gasteiger partial charge in [0.1, 0.15) is 23.2 Å². The normalized spacial score (nSPS) is 21.0. The highest BCUT2D eigenvalue weighted by Crippen LogP contribution is 2.47. The van der Waals surface area contributed by atoms with Crippen LogP contribution in [0.15, 0.2) is 33.2 Å². The predicted octanol–water partition coefficient (Wildman–Crippen LogP) is 5.06. The Morgan fingerprint density at radius 1 is 1.35 bits per heavy atom. The molecule has 1 saturated carbocycles. The van der Waals surface area contributed by atoms with Crippen molar-refractivity contribution in [2.24, 2.45) is 5.92 Å². The molecule has 0 spiro atoms. The van der Waals surface area contributed by atoms with Crippen LogP contribution in [0, 0.1) is 17.6 Å². The number of furan rings is 1. The average molecular weight is 342 g/mol. The van der Waals surface area contributed by atoms with Crippen LogP contribution in [0.25, 0.3) is 0 Å². The van der Waals surface area contributed by atoms with Crippen LogP contribution in [-0.2, 0) is 6.54 Å². The summed E-state index contributed by atoms with van der Waals surface area (Å²) in [6.45, 7) is 2.55. The largest absolute Gasteiger partial charge is 0.464 e. The standard InChI is InChI=1S/C15H14BrF2NO/c1-8-4-11(8)14-3-2-10(20-14)7-19-15-12(16)5-9(17)6-13(15)18/h2-3,5-6,8,11,19H,4,7H2,1H3. The summed E-state index contributed by atoms with van der Waals surface area (Å²) in [7, 11) is 0. The third kappa shape index (κ3) is 2.73. The molecule has 3 rings (SSSR count). The molecular weight excluding hydrogens is 328 g/mol. The van der Waals surface area contributed by atoms with Gasteiger partial charge in [0.2, 0.25) is 0 Å². The molecule has 0 bridgehead atoms. The molecule has 1 aliphatic rings. The lowest BCUT2D eigenvalue weighted by molar-refractivity contribution is 0.467. The van der Waals surface area contributed by atoms with E-state index < -0.39 is 11.6 Å². The first kappa shape index (κ1) is 13.6. The molecule has 0 amide bonds. The molecule has 1 fully saturated rings. The van der Waals surface area contributed by atoms with Crippen molar-refractivity contribution in [2.75, 3.05) is 5.32 Å². The minimum absolute atomic E-state index is 0.240. The van der Waals surface area contributed by atoms with Crippen LogP contribution in [0.4, 0.5) is 14.5 Å². The average Bonchev–Trinajstić information content (AvgIpc) is 2.92. The predicted molar refractivity (Wildman–Crippen MR) is 76.6 cm³/mol. The van der Waals surface area contributed by atoms with Gasteiger partial charge in [-0.25, -0.2) is 8.78 Å². The van der Waals surface area contributed by atoms with Crippen molar-refractivity contribution < 1.29 is 13.2 Å². The first-order chi connectivity index (χ1) is 9.54. The Morgan fingerprint density at radius 3 is 2.75 bits per heavy atom. The van der Waals surface area contributed by atoms with Crippen molar-refractivity contribution in [1.29, 1.82) is 0 Å². The molecule has 20 heavy (non-hydrogen) atoms. The molecule has 2 aromatic rings. The van der Waals surface area contributed by atoms with Crippen LogP contribution in [0.3, 0.4) is 0 Å². The maximum Gasteiger partial charge on any atom is 0.150 e. The minimum atomic E-state index is -0.625. The zero-order valence-electron chi connectivity index (χ0n) is 10.9. The number of anilines is 1. The van der Waals surface area contributed by atoms with Crippen LogP contribution < -0.4 is 5.32 Å². The first-order valence-electron chi connectivity index (χ1n) is 6.51. The third-order valence-corrected chi connectivity index (χ3v) is 4.23. The van der Waals surface area contributed by atoms with Crippen molar-refractivity contribution in [1.82, 2.24) is 0 Å². The Hall–Kier alpha value is -1.36. The van der Waals surface area contributed by atoms with Gasteiger partial charge in [0.15, 0.2) is 0 Å². The monoisotopic (exact) mass is 341 g/mol. The van der Waals surface area contributed by atoms with Gasteiger partial charge in [-0.15, -0.1) is 0 Å². The first-order valence-corrected chi connectivity index (χ1v) is 7.31. The molecule has 1 N–H and O–H groups in total. The molecule has 106 valence electrons. The minimum Gasteiger partial charge on any atom is -0.464 e. The molecule has 5 heteroatoms.